The molecule has 2 fully saturated rings. The van der Waals surface area contributed by atoms with Crippen molar-refractivity contribution in [2.24, 2.45) is 5.92 Å². The number of hydrogen-bond donors (Lipinski definition) is 8. The first-order valence-corrected chi connectivity index (χ1v) is 8.75. The number of aliphatic hydroxyl groups excluding tert-OH is 7. The molecule has 13 nitrogen and oxygen atoms in total. The predicted octanol–water partition coefficient (Wildman–Crippen LogP) is -3.72. The van der Waals surface area contributed by atoms with Crippen molar-refractivity contribution in [2.75, 3.05) is 13.2 Å². The standard InChI is InChI=1S/C13H24O13S/c14-2-4-1-5(12(10(19)7(4)16)24-27-26-25-21)22-13-11(20)9(18)8(17)6(3-15)23-13/h4-21H,1-3H2. The van der Waals surface area contributed by atoms with Gasteiger partial charge in [-0.1, -0.05) is 5.04 Å². The Labute approximate surface area is 157 Å². The van der Waals surface area contributed by atoms with Gasteiger partial charge in [0, 0.05) is 12.5 Å². The van der Waals surface area contributed by atoms with Crippen molar-refractivity contribution in [3.63, 3.8) is 0 Å². The Balaban J connectivity index is 2.13. The minimum absolute atomic E-state index is 0.0467. The largest absolute Gasteiger partial charge is 0.396 e. The van der Waals surface area contributed by atoms with Crippen molar-refractivity contribution in [3.05, 3.63) is 0 Å². The molecule has 160 valence electrons. The van der Waals surface area contributed by atoms with Crippen LogP contribution in [-0.2, 0) is 23.0 Å². The summed E-state index contributed by atoms with van der Waals surface area (Å²) in [6, 6.07) is 0. The van der Waals surface area contributed by atoms with Crippen LogP contribution >= 0.6 is 12.3 Å². The highest BCUT2D eigenvalue weighted by molar-refractivity contribution is 7.89. The van der Waals surface area contributed by atoms with E-state index >= 15 is 0 Å². The highest BCUT2D eigenvalue weighted by Gasteiger charge is 2.50. The molecule has 2 rings (SSSR count). The fourth-order valence-electron chi connectivity index (χ4n) is 3.13. The van der Waals surface area contributed by atoms with Crippen LogP contribution in [0.3, 0.4) is 0 Å². The van der Waals surface area contributed by atoms with Gasteiger partial charge in [0.1, 0.15) is 36.6 Å². The van der Waals surface area contributed by atoms with E-state index in [1.807, 2.05) is 0 Å². The van der Waals surface area contributed by atoms with Crippen LogP contribution in [0.4, 0.5) is 0 Å². The summed E-state index contributed by atoms with van der Waals surface area (Å²) in [4.78, 5) is 0. The maximum absolute atomic E-state index is 10.2. The molecule has 1 aliphatic carbocycles. The summed E-state index contributed by atoms with van der Waals surface area (Å²) in [5, 5.41) is 80.0. The Hall–Kier alpha value is -0.170. The summed E-state index contributed by atoms with van der Waals surface area (Å²) in [6.07, 6.45) is -13.0. The number of hydrogen-bond acceptors (Lipinski definition) is 14. The maximum atomic E-state index is 10.2. The lowest BCUT2D eigenvalue weighted by atomic mass is 9.81. The molecule has 0 spiro atoms. The third-order valence-corrected chi connectivity index (χ3v) is 5.09. The summed E-state index contributed by atoms with van der Waals surface area (Å²) < 4.78 is 19.9. The van der Waals surface area contributed by atoms with Gasteiger partial charge in [0.05, 0.1) is 18.8 Å². The zero-order valence-corrected chi connectivity index (χ0v) is 14.7. The smallest absolute Gasteiger partial charge is 0.198 e. The van der Waals surface area contributed by atoms with E-state index < -0.39 is 74.3 Å². The monoisotopic (exact) mass is 420 g/mol. The first kappa shape index (κ1) is 23.1. The third-order valence-electron chi connectivity index (χ3n) is 4.67. The van der Waals surface area contributed by atoms with Gasteiger partial charge in [0.2, 0.25) is 0 Å². The molecular formula is C13H24O13S. The van der Waals surface area contributed by atoms with E-state index in [0.29, 0.717) is 0 Å². The van der Waals surface area contributed by atoms with Crippen LogP contribution in [0.15, 0.2) is 0 Å². The van der Waals surface area contributed by atoms with Gasteiger partial charge >= 0.3 is 0 Å². The fourth-order valence-corrected chi connectivity index (χ4v) is 3.51. The molecule has 0 bridgehead atoms. The van der Waals surface area contributed by atoms with Gasteiger partial charge in [-0.05, 0) is 6.42 Å². The third kappa shape index (κ3) is 5.26. The molecule has 8 N–H and O–H groups in total. The Kier molecular flexibility index (Phi) is 9.04. The minimum Gasteiger partial charge on any atom is -0.396 e. The maximum Gasteiger partial charge on any atom is 0.198 e. The van der Waals surface area contributed by atoms with Crippen LogP contribution < -0.4 is 0 Å². The van der Waals surface area contributed by atoms with Crippen LogP contribution in [0.1, 0.15) is 6.42 Å². The number of ether oxygens (including phenoxy) is 2. The quantitative estimate of drug-likeness (QED) is 0.0822. The number of rotatable bonds is 8. The molecule has 0 amide bonds. The molecule has 1 aliphatic heterocycles. The molecule has 1 saturated carbocycles. The van der Waals surface area contributed by atoms with Crippen LogP contribution in [-0.4, -0.2) is 109 Å². The van der Waals surface area contributed by atoms with Gasteiger partial charge in [0.25, 0.3) is 0 Å². The van der Waals surface area contributed by atoms with Crippen molar-refractivity contribution >= 4 is 12.3 Å². The van der Waals surface area contributed by atoms with Crippen molar-refractivity contribution in [1.29, 1.82) is 0 Å². The average molecular weight is 420 g/mol. The Morgan fingerprint density at radius 1 is 0.889 bits per heavy atom. The van der Waals surface area contributed by atoms with Gasteiger partial charge in [0.15, 0.2) is 18.6 Å². The van der Waals surface area contributed by atoms with E-state index in [4.69, 9.17) is 18.9 Å². The molecule has 10 unspecified atom stereocenters. The highest BCUT2D eigenvalue weighted by Crippen LogP contribution is 2.34. The van der Waals surface area contributed by atoms with Crippen molar-refractivity contribution < 1.29 is 64.0 Å². The van der Waals surface area contributed by atoms with Crippen LogP contribution in [0.2, 0.25) is 0 Å². The SMILES string of the molecule is OCC1CC(OC2OC(CO)C(O)C(O)C2O)C(OSOOO)C(O)C1O. The van der Waals surface area contributed by atoms with Crippen molar-refractivity contribution in [1.82, 2.24) is 0 Å². The van der Waals surface area contributed by atoms with Crippen molar-refractivity contribution in [3.8, 4) is 0 Å². The first-order chi connectivity index (χ1) is 12.8. The molecular weight excluding hydrogens is 396 g/mol. The van der Waals surface area contributed by atoms with E-state index in [-0.39, 0.29) is 18.7 Å². The molecule has 10 atom stereocenters. The minimum atomic E-state index is -1.69. The first-order valence-electron chi connectivity index (χ1n) is 8.08. The zero-order chi connectivity index (χ0) is 20.1. The zero-order valence-electron chi connectivity index (χ0n) is 13.9. The van der Waals surface area contributed by atoms with Gasteiger partial charge in [-0.3, -0.25) is 4.18 Å². The van der Waals surface area contributed by atoms with E-state index in [1.165, 1.54) is 0 Å². The summed E-state index contributed by atoms with van der Waals surface area (Å²) >= 11 is 0.128. The molecule has 27 heavy (non-hydrogen) atoms. The van der Waals surface area contributed by atoms with E-state index in [0.717, 1.165) is 0 Å². The molecule has 2 aliphatic rings. The molecule has 0 aromatic carbocycles. The molecule has 0 radical (unpaired) electrons. The van der Waals surface area contributed by atoms with E-state index in [1.54, 1.807) is 0 Å². The predicted molar refractivity (Wildman–Crippen MR) is 83.1 cm³/mol. The second-order valence-electron chi connectivity index (χ2n) is 6.30. The lowest BCUT2D eigenvalue weighted by Gasteiger charge is -2.45. The lowest BCUT2D eigenvalue weighted by Crippen LogP contribution is -2.62. The summed E-state index contributed by atoms with van der Waals surface area (Å²) in [6.45, 7) is -1.14. The molecule has 0 aromatic heterocycles. The van der Waals surface area contributed by atoms with Crippen molar-refractivity contribution in [2.45, 2.75) is 61.5 Å². The topological polar surface area (TPSA) is 208 Å². The van der Waals surface area contributed by atoms with Gasteiger partial charge < -0.3 is 45.2 Å². The molecule has 0 aromatic rings. The molecule has 1 saturated heterocycles. The lowest BCUT2D eigenvalue weighted by molar-refractivity contribution is -0.435. The summed E-state index contributed by atoms with van der Waals surface area (Å²) in [5.41, 5.74) is 0. The second-order valence-corrected chi connectivity index (χ2v) is 6.77. The van der Waals surface area contributed by atoms with Crippen LogP contribution in [0, 0.1) is 5.92 Å². The van der Waals surface area contributed by atoms with Gasteiger partial charge in [-0.15, -0.1) is 4.33 Å². The Morgan fingerprint density at radius 3 is 2.19 bits per heavy atom. The Bertz CT molecular complexity index is 442. The molecule has 14 heteroatoms. The Morgan fingerprint density at radius 2 is 1.59 bits per heavy atom. The van der Waals surface area contributed by atoms with Crippen LogP contribution in [0.25, 0.3) is 0 Å². The van der Waals surface area contributed by atoms with Gasteiger partial charge in [-0.2, -0.15) is 0 Å². The highest BCUT2D eigenvalue weighted by atomic mass is 32.2. The van der Waals surface area contributed by atoms with Crippen LogP contribution in [0.5, 0.6) is 0 Å². The molecule has 1 heterocycles. The average Bonchev–Trinajstić information content (AvgIpc) is 2.67. The van der Waals surface area contributed by atoms with Gasteiger partial charge in [-0.25, -0.2) is 5.26 Å². The summed E-state index contributed by atoms with van der Waals surface area (Å²) in [7, 11) is 0. The van der Waals surface area contributed by atoms with E-state index in [2.05, 4.69) is 9.37 Å². The number of aliphatic hydroxyl groups is 7. The van der Waals surface area contributed by atoms with E-state index in [9.17, 15) is 35.7 Å². The fraction of sp³-hybridized carbons (Fsp3) is 1.00. The summed E-state index contributed by atoms with van der Waals surface area (Å²) in [5.74, 6) is -0.797. The normalized spacial score (nSPS) is 45.8. The second kappa shape index (κ2) is 10.6.